The van der Waals surface area contributed by atoms with Gasteiger partial charge < -0.3 is 4.74 Å². The summed E-state index contributed by atoms with van der Waals surface area (Å²) in [6.45, 7) is 4.45. The van der Waals surface area contributed by atoms with E-state index in [0.29, 0.717) is 17.8 Å². The molecule has 3 rings (SSSR count). The van der Waals surface area contributed by atoms with Crippen LogP contribution < -0.4 is 0 Å². The molecule has 0 atom stereocenters. The molecule has 114 valence electrons. The fourth-order valence-electron chi connectivity index (χ4n) is 4.10. The van der Waals surface area contributed by atoms with Gasteiger partial charge in [0.2, 0.25) is 0 Å². The molecule has 0 heterocycles. The standard InChI is InChI=1S/C19H26O2/c1-13(2)10-14-4-5-15-12-19(18(20)17(15)11-14)8-6-16(21-3)7-9-19/h4-5,11,13,16H,6-10,12H2,1-3H3. The summed E-state index contributed by atoms with van der Waals surface area (Å²) in [5, 5.41) is 0. The summed E-state index contributed by atoms with van der Waals surface area (Å²) >= 11 is 0. The van der Waals surface area contributed by atoms with Crippen molar-refractivity contribution < 1.29 is 9.53 Å². The molecule has 0 radical (unpaired) electrons. The second-order valence-electron chi connectivity index (χ2n) is 7.31. The molecule has 0 bridgehead atoms. The molecule has 0 aliphatic heterocycles. The Morgan fingerprint density at radius 1 is 1.29 bits per heavy atom. The Balaban J connectivity index is 1.82. The molecule has 0 N–H and O–H groups in total. The molecule has 2 aliphatic rings. The molecule has 0 saturated heterocycles. The molecule has 2 nitrogen and oxygen atoms in total. The highest BCUT2D eigenvalue weighted by Gasteiger charge is 2.47. The second kappa shape index (κ2) is 5.57. The number of rotatable bonds is 3. The predicted octanol–water partition coefficient (Wildman–Crippen LogP) is 4.20. The zero-order chi connectivity index (χ0) is 15.0. The summed E-state index contributed by atoms with van der Waals surface area (Å²) in [5.41, 5.74) is 3.46. The monoisotopic (exact) mass is 286 g/mol. The molecular weight excluding hydrogens is 260 g/mol. The van der Waals surface area contributed by atoms with Gasteiger partial charge in [0.05, 0.1) is 6.10 Å². The topological polar surface area (TPSA) is 26.3 Å². The summed E-state index contributed by atoms with van der Waals surface area (Å²) in [6, 6.07) is 6.57. The van der Waals surface area contributed by atoms with Gasteiger partial charge in [0, 0.05) is 18.1 Å². The third kappa shape index (κ3) is 2.66. The molecule has 1 spiro atoms. The zero-order valence-corrected chi connectivity index (χ0v) is 13.4. The summed E-state index contributed by atoms with van der Waals surface area (Å²) in [4.78, 5) is 13.0. The van der Waals surface area contributed by atoms with E-state index in [1.165, 1.54) is 11.1 Å². The van der Waals surface area contributed by atoms with Crippen molar-refractivity contribution >= 4 is 5.78 Å². The highest BCUT2D eigenvalue weighted by atomic mass is 16.5. The van der Waals surface area contributed by atoms with Gasteiger partial charge in [0.1, 0.15) is 0 Å². The van der Waals surface area contributed by atoms with Gasteiger partial charge in [0.25, 0.3) is 0 Å². The smallest absolute Gasteiger partial charge is 0.169 e. The van der Waals surface area contributed by atoms with Gasteiger partial charge in [-0.1, -0.05) is 26.0 Å². The average molecular weight is 286 g/mol. The lowest BCUT2D eigenvalue weighted by atomic mass is 9.70. The predicted molar refractivity (Wildman–Crippen MR) is 84.7 cm³/mol. The minimum Gasteiger partial charge on any atom is -0.381 e. The van der Waals surface area contributed by atoms with Gasteiger partial charge in [-0.3, -0.25) is 4.79 Å². The average Bonchev–Trinajstić information content (AvgIpc) is 2.73. The molecule has 2 heteroatoms. The minimum atomic E-state index is -0.117. The number of carbonyl (C=O) groups excluding carboxylic acids is 1. The largest absolute Gasteiger partial charge is 0.381 e. The van der Waals surface area contributed by atoms with Crippen LogP contribution >= 0.6 is 0 Å². The van der Waals surface area contributed by atoms with Gasteiger partial charge >= 0.3 is 0 Å². The maximum atomic E-state index is 13.0. The van der Waals surface area contributed by atoms with Gasteiger partial charge in [-0.2, -0.15) is 0 Å². The Morgan fingerprint density at radius 2 is 2.00 bits per heavy atom. The first-order valence-corrected chi connectivity index (χ1v) is 8.23. The third-order valence-corrected chi connectivity index (χ3v) is 5.30. The first-order chi connectivity index (χ1) is 10.0. The van der Waals surface area contributed by atoms with Crippen LogP contribution in [0.5, 0.6) is 0 Å². The van der Waals surface area contributed by atoms with E-state index in [0.717, 1.165) is 44.1 Å². The zero-order valence-electron chi connectivity index (χ0n) is 13.4. The van der Waals surface area contributed by atoms with Crippen molar-refractivity contribution in [3.05, 3.63) is 34.9 Å². The first-order valence-electron chi connectivity index (χ1n) is 8.23. The summed E-state index contributed by atoms with van der Waals surface area (Å²) in [5.74, 6) is 1.03. The molecule has 0 aromatic heterocycles. The van der Waals surface area contributed by atoms with Crippen molar-refractivity contribution in [1.82, 2.24) is 0 Å². The van der Waals surface area contributed by atoms with Crippen molar-refractivity contribution in [2.24, 2.45) is 11.3 Å². The van der Waals surface area contributed by atoms with Crippen LogP contribution in [-0.4, -0.2) is 19.0 Å². The van der Waals surface area contributed by atoms with E-state index in [-0.39, 0.29) is 5.41 Å². The Hall–Kier alpha value is -1.15. The van der Waals surface area contributed by atoms with E-state index >= 15 is 0 Å². The normalized spacial score (nSPS) is 28.4. The molecule has 0 unspecified atom stereocenters. The Bertz CT molecular complexity index is 536. The van der Waals surface area contributed by atoms with E-state index in [4.69, 9.17) is 4.74 Å². The molecule has 2 aliphatic carbocycles. The van der Waals surface area contributed by atoms with Crippen LogP contribution in [0.4, 0.5) is 0 Å². The van der Waals surface area contributed by atoms with Gasteiger partial charge in [-0.25, -0.2) is 0 Å². The van der Waals surface area contributed by atoms with Gasteiger partial charge in [-0.15, -0.1) is 0 Å². The molecule has 1 aromatic carbocycles. The quantitative estimate of drug-likeness (QED) is 0.832. The fraction of sp³-hybridized carbons (Fsp3) is 0.632. The number of hydrogen-bond donors (Lipinski definition) is 0. The number of hydrogen-bond acceptors (Lipinski definition) is 2. The van der Waals surface area contributed by atoms with Crippen molar-refractivity contribution in [2.75, 3.05) is 7.11 Å². The number of carbonyl (C=O) groups is 1. The van der Waals surface area contributed by atoms with E-state index in [9.17, 15) is 4.79 Å². The van der Waals surface area contributed by atoms with Crippen molar-refractivity contribution in [1.29, 1.82) is 0 Å². The Kier molecular flexibility index (Phi) is 3.92. The first kappa shape index (κ1) is 14.8. The number of ketones is 1. The maximum Gasteiger partial charge on any atom is 0.169 e. The van der Waals surface area contributed by atoms with Crippen molar-refractivity contribution in [2.45, 2.75) is 58.5 Å². The SMILES string of the molecule is COC1CCC2(CC1)Cc1ccc(CC(C)C)cc1C2=O. The second-order valence-corrected chi connectivity index (χ2v) is 7.31. The van der Waals surface area contributed by atoms with Gasteiger partial charge in [-0.05, 0) is 61.6 Å². The van der Waals surface area contributed by atoms with E-state index in [1.54, 1.807) is 7.11 Å². The van der Waals surface area contributed by atoms with Crippen LogP contribution in [0.25, 0.3) is 0 Å². The molecule has 21 heavy (non-hydrogen) atoms. The van der Waals surface area contributed by atoms with Crippen LogP contribution in [0.1, 0.15) is 61.0 Å². The lowest BCUT2D eigenvalue weighted by Gasteiger charge is -2.35. The Morgan fingerprint density at radius 3 is 2.62 bits per heavy atom. The highest BCUT2D eigenvalue weighted by Crippen LogP contribution is 2.47. The lowest BCUT2D eigenvalue weighted by molar-refractivity contribution is 0.0285. The van der Waals surface area contributed by atoms with Crippen LogP contribution in [0.3, 0.4) is 0 Å². The van der Waals surface area contributed by atoms with Crippen LogP contribution in [-0.2, 0) is 17.6 Å². The van der Waals surface area contributed by atoms with E-state index in [1.807, 2.05) is 0 Å². The van der Waals surface area contributed by atoms with Gasteiger partial charge in [0.15, 0.2) is 5.78 Å². The van der Waals surface area contributed by atoms with Crippen LogP contribution in [0.2, 0.25) is 0 Å². The maximum absolute atomic E-state index is 13.0. The van der Waals surface area contributed by atoms with E-state index < -0.39 is 0 Å². The van der Waals surface area contributed by atoms with Crippen LogP contribution in [0.15, 0.2) is 18.2 Å². The summed E-state index contributed by atoms with van der Waals surface area (Å²) in [6.07, 6.45) is 6.36. The third-order valence-electron chi connectivity index (χ3n) is 5.30. The molecule has 0 amide bonds. The lowest BCUT2D eigenvalue weighted by Crippen LogP contribution is -2.35. The van der Waals surface area contributed by atoms with Crippen molar-refractivity contribution in [3.63, 3.8) is 0 Å². The van der Waals surface area contributed by atoms with Crippen LogP contribution in [0, 0.1) is 11.3 Å². The molecular formula is C19H26O2. The number of methoxy groups -OCH3 is 1. The number of fused-ring (bicyclic) bond motifs is 1. The molecule has 1 fully saturated rings. The highest BCUT2D eigenvalue weighted by molar-refractivity contribution is 6.05. The summed E-state index contributed by atoms with van der Waals surface area (Å²) < 4.78 is 5.46. The fourth-order valence-corrected chi connectivity index (χ4v) is 4.10. The van der Waals surface area contributed by atoms with E-state index in [2.05, 4.69) is 32.0 Å². The van der Waals surface area contributed by atoms with Crippen molar-refractivity contribution in [3.8, 4) is 0 Å². The minimum absolute atomic E-state index is 0.117. The summed E-state index contributed by atoms with van der Waals surface area (Å²) in [7, 11) is 1.78. The molecule has 1 aromatic rings. The number of benzene rings is 1. The number of ether oxygens (including phenoxy) is 1. The number of Topliss-reactive ketones (excluding diaryl/α,β-unsaturated/α-hetero) is 1. The molecule has 1 saturated carbocycles. The Labute approximate surface area is 127 Å².